The first-order valence-electron chi connectivity index (χ1n) is 3.72. The van der Waals surface area contributed by atoms with Crippen LogP contribution in [0.3, 0.4) is 0 Å². The van der Waals surface area contributed by atoms with Crippen molar-refractivity contribution in [1.82, 2.24) is 4.98 Å². The summed E-state index contributed by atoms with van der Waals surface area (Å²) in [4.78, 5) is 13.7. The Bertz CT molecular complexity index is 304. The van der Waals surface area contributed by atoms with Crippen LogP contribution in [0, 0.1) is 5.95 Å². The molecule has 13 heavy (non-hydrogen) atoms. The molecular formula is C8H9FN2O2. The van der Waals surface area contributed by atoms with E-state index in [1.165, 1.54) is 12.3 Å². The Morgan fingerprint density at radius 2 is 2.46 bits per heavy atom. The zero-order valence-electron chi connectivity index (χ0n) is 6.87. The number of nitrogens with zero attached hydrogens (tertiary/aromatic N) is 1. The highest BCUT2D eigenvalue weighted by Crippen LogP contribution is 2.12. The van der Waals surface area contributed by atoms with Gasteiger partial charge in [0.1, 0.15) is 0 Å². The minimum atomic E-state index is -0.688. The van der Waals surface area contributed by atoms with Gasteiger partial charge >= 0.3 is 0 Å². The molecule has 70 valence electrons. The maximum atomic E-state index is 12.8. The van der Waals surface area contributed by atoms with Crippen molar-refractivity contribution in [3.05, 3.63) is 24.3 Å². The molecule has 0 saturated heterocycles. The number of carbonyl (C=O) groups excluding carboxylic acids is 1. The monoisotopic (exact) mass is 184 g/mol. The van der Waals surface area contributed by atoms with E-state index in [0.29, 0.717) is 0 Å². The molecule has 4 nitrogen and oxygen atoms in total. The largest absolute Gasteiger partial charge is 0.488 e. The maximum absolute atomic E-state index is 12.8. The average Bonchev–Trinajstić information content (AvgIpc) is 2.08. The number of primary amides is 1. The van der Waals surface area contributed by atoms with Crippen molar-refractivity contribution in [3.63, 3.8) is 0 Å². The first-order valence-corrected chi connectivity index (χ1v) is 3.72. The fraction of sp³-hybridized carbons (Fsp3) is 0.250. The van der Waals surface area contributed by atoms with Gasteiger partial charge in [-0.1, -0.05) is 0 Å². The van der Waals surface area contributed by atoms with E-state index in [1.807, 2.05) is 0 Å². The van der Waals surface area contributed by atoms with Gasteiger partial charge in [-0.3, -0.25) is 4.79 Å². The second-order valence-electron chi connectivity index (χ2n) is 2.36. The summed E-state index contributed by atoms with van der Waals surface area (Å²) in [7, 11) is 0. The van der Waals surface area contributed by atoms with Crippen molar-refractivity contribution in [2.75, 3.05) is 6.61 Å². The Hall–Kier alpha value is -1.65. The zero-order chi connectivity index (χ0) is 9.68. The van der Waals surface area contributed by atoms with Crippen molar-refractivity contribution in [2.45, 2.75) is 6.42 Å². The summed E-state index contributed by atoms with van der Waals surface area (Å²) in [6.45, 7) is 0.0674. The van der Waals surface area contributed by atoms with E-state index in [2.05, 4.69) is 4.98 Å². The van der Waals surface area contributed by atoms with E-state index in [4.69, 9.17) is 10.5 Å². The Morgan fingerprint density at radius 1 is 1.69 bits per heavy atom. The molecule has 0 aliphatic carbocycles. The van der Waals surface area contributed by atoms with Crippen LogP contribution in [0.4, 0.5) is 4.39 Å². The van der Waals surface area contributed by atoms with Gasteiger partial charge in [0.2, 0.25) is 5.91 Å². The van der Waals surface area contributed by atoms with E-state index >= 15 is 0 Å². The molecule has 0 saturated carbocycles. The second-order valence-corrected chi connectivity index (χ2v) is 2.36. The lowest BCUT2D eigenvalue weighted by atomic mass is 10.4. The molecule has 0 radical (unpaired) electrons. The van der Waals surface area contributed by atoms with E-state index in [1.54, 1.807) is 6.07 Å². The van der Waals surface area contributed by atoms with E-state index in [0.717, 1.165) is 0 Å². The van der Waals surface area contributed by atoms with Crippen LogP contribution < -0.4 is 10.5 Å². The van der Waals surface area contributed by atoms with Gasteiger partial charge in [0.05, 0.1) is 13.0 Å². The smallest absolute Gasteiger partial charge is 0.255 e. The molecule has 0 unspecified atom stereocenters. The highest BCUT2D eigenvalue weighted by Gasteiger charge is 2.02. The molecule has 1 rings (SSSR count). The molecule has 1 aromatic heterocycles. The average molecular weight is 184 g/mol. The molecule has 0 aliphatic heterocycles. The second kappa shape index (κ2) is 4.39. The lowest BCUT2D eigenvalue weighted by Crippen LogP contribution is -2.14. The normalized spacial score (nSPS) is 9.62. The van der Waals surface area contributed by atoms with Crippen LogP contribution in [0.1, 0.15) is 6.42 Å². The lowest BCUT2D eigenvalue weighted by molar-refractivity contribution is -0.118. The topological polar surface area (TPSA) is 65.2 Å². The molecular weight excluding hydrogens is 175 g/mol. The molecule has 1 aromatic rings. The van der Waals surface area contributed by atoms with Crippen molar-refractivity contribution >= 4 is 5.91 Å². The summed E-state index contributed by atoms with van der Waals surface area (Å²) in [6, 6.07) is 2.98. The summed E-state index contributed by atoms with van der Waals surface area (Å²) in [6.07, 6.45) is 1.38. The number of pyridine rings is 1. The number of carbonyl (C=O) groups is 1. The Balaban J connectivity index is 2.45. The first kappa shape index (κ1) is 9.44. The van der Waals surface area contributed by atoms with Crippen LogP contribution in [0.15, 0.2) is 18.3 Å². The number of ether oxygens (including phenoxy) is 1. The third-order valence-corrected chi connectivity index (χ3v) is 1.33. The van der Waals surface area contributed by atoms with Gasteiger partial charge in [-0.15, -0.1) is 0 Å². The number of nitrogens with two attached hydrogens (primary N) is 1. The first-order chi connectivity index (χ1) is 6.20. The summed E-state index contributed by atoms with van der Waals surface area (Å²) in [5.41, 5.74) is 4.87. The third kappa shape index (κ3) is 3.06. The minimum absolute atomic E-state index is 0.0313. The van der Waals surface area contributed by atoms with E-state index < -0.39 is 11.9 Å². The van der Waals surface area contributed by atoms with Gasteiger partial charge < -0.3 is 10.5 Å². The number of amides is 1. The predicted molar refractivity (Wildman–Crippen MR) is 43.5 cm³/mol. The fourth-order valence-electron chi connectivity index (χ4n) is 0.741. The van der Waals surface area contributed by atoms with Crippen LogP contribution in [-0.4, -0.2) is 17.5 Å². The lowest BCUT2D eigenvalue weighted by Gasteiger charge is -2.03. The Morgan fingerprint density at radius 3 is 3.08 bits per heavy atom. The number of rotatable bonds is 4. The van der Waals surface area contributed by atoms with E-state index in [9.17, 15) is 9.18 Å². The molecule has 0 fully saturated rings. The molecule has 1 heterocycles. The standard InChI is InChI=1S/C8H9FN2O2/c9-8-6(2-1-4-11-8)13-5-3-7(10)12/h1-2,4H,3,5H2,(H2,10,12). The molecule has 2 N–H and O–H groups in total. The Kier molecular flexibility index (Phi) is 3.19. The third-order valence-electron chi connectivity index (χ3n) is 1.33. The van der Waals surface area contributed by atoms with Gasteiger partial charge in [-0.05, 0) is 12.1 Å². The molecule has 0 bridgehead atoms. The SMILES string of the molecule is NC(=O)CCOc1cccnc1F. The quantitative estimate of drug-likeness (QED) is 0.692. The van der Waals surface area contributed by atoms with Crippen LogP contribution in [0.2, 0.25) is 0 Å². The minimum Gasteiger partial charge on any atom is -0.488 e. The van der Waals surface area contributed by atoms with Crippen LogP contribution in [0.5, 0.6) is 5.75 Å². The van der Waals surface area contributed by atoms with Gasteiger partial charge in [0, 0.05) is 6.20 Å². The van der Waals surface area contributed by atoms with Gasteiger partial charge in [0.15, 0.2) is 5.75 Å². The van der Waals surface area contributed by atoms with Crippen LogP contribution in [-0.2, 0) is 4.79 Å². The van der Waals surface area contributed by atoms with Crippen molar-refractivity contribution in [2.24, 2.45) is 5.73 Å². The molecule has 0 aromatic carbocycles. The highest BCUT2D eigenvalue weighted by atomic mass is 19.1. The number of aromatic nitrogens is 1. The number of hydrogen-bond acceptors (Lipinski definition) is 3. The maximum Gasteiger partial charge on any atom is 0.255 e. The highest BCUT2D eigenvalue weighted by molar-refractivity contribution is 5.73. The van der Waals surface area contributed by atoms with Crippen LogP contribution >= 0.6 is 0 Å². The molecule has 5 heteroatoms. The summed E-state index contributed by atoms with van der Waals surface area (Å²) < 4.78 is 17.7. The van der Waals surface area contributed by atoms with Gasteiger partial charge in [-0.2, -0.15) is 4.39 Å². The number of hydrogen-bond donors (Lipinski definition) is 1. The molecule has 0 atom stereocenters. The van der Waals surface area contributed by atoms with Crippen molar-refractivity contribution in [3.8, 4) is 5.75 Å². The summed E-state index contributed by atoms with van der Waals surface area (Å²) >= 11 is 0. The van der Waals surface area contributed by atoms with Crippen molar-refractivity contribution in [1.29, 1.82) is 0 Å². The summed E-state index contributed by atoms with van der Waals surface area (Å²) in [5.74, 6) is -1.14. The zero-order valence-corrected chi connectivity index (χ0v) is 6.87. The molecule has 0 spiro atoms. The fourth-order valence-corrected chi connectivity index (χ4v) is 0.741. The Labute approximate surface area is 74.5 Å². The van der Waals surface area contributed by atoms with Gasteiger partial charge in [-0.25, -0.2) is 4.98 Å². The van der Waals surface area contributed by atoms with Crippen molar-refractivity contribution < 1.29 is 13.9 Å². The summed E-state index contributed by atoms with van der Waals surface area (Å²) in [5, 5.41) is 0. The number of halogens is 1. The molecule has 1 amide bonds. The predicted octanol–water partition coefficient (Wildman–Crippen LogP) is 0.475. The van der Waals surface area contributed by atoms with Crippen LogP contribution in [0.25, 0.3) is 0 Å². The molecule has 0 aliphatic rings. The van der Waals surface area contributed by atoms with Gasteiger partial charge in [0.25, 0.3) is 5.95 Å². The van der Waals surface area contributed by atoms with E-state index in [-0.39, 0.29) is 18.8 Å².